The zero-order valence-electron chi connectivity index (χ0n) is 16.6. The summed E-state index contributed by atoms with van der Waals surface area (Å²) in [7, 11) is -0.0994. The Hall–Kier alpha value is -2.97. The lowest BCUT2D eigenvalue weighted by Crippen LogP contribution is -2.33. The van der Waals surface area contributed by atoms with Gasteiger partial charge in [-0.1, -0.05) is 35.9 Å². The molecule has 0 spiro atoms. The molecule has 7 nitrogen and oxygen atoms in total. The smallest absolute Gasteiger partial charge is 0.261 e. The summed E-state index contributed by atoms with van der Waals surface area (Å²) in [6.45, 7) is 2.45. The van der Waals surface area contributed by atoms with Crippen LogP contribution in [0.5, 0.6) is 0 Å². The van der Waals surface area contributed by atoms with Crippen LogP contribution >= 0.6 is 0 Å². The molecule has 1 heterocycles. The molecule has 3 rings (SSSR count). The lowest BCUT2D eigenvalue weighted by Gasteiger charge is -2.12. The Bertz CT molecular complexity index is 1130. The molecule has 0 unspecified atom stereocenters. The van der Waals surface area contributed by atoms with Crippen LogP contribution in [0.25, 0.3) is 10.9 Å². The number of hydrogen-bond donors (Lipinski definition) is 2. The molecule has 0 saturated heterocycles. The lowest BCUT2D eigenvalue weighted by molar-refractivity contribution is -0.121. The Labute approximate surface area is 170 Å². The van der Waals surface area contributed by atoms with Crippen LogP contribution in [0.4, 0.5) is 5.69 Å². The van der Waals surface area contributed by atoms with E-state index in [0.29, 0.717) is 16.9 Å². The molecular weight excluding hydrogens is 388 g/mol. The average Bonchev–Trinajstić information content (AvgIpc) is 2.66. The number of carbonyl (C=O) groups is 1. The number of para-hydroxylation sites is 1. The van der Waals surface area contributed by atoms with Gasteiger partial charge in [-0.25, -0.2) is 13.4 Å². The van der Waals surface area contributed by atoms with E-state index in [1.54, 1.807) is 41.3 Å². The highest BCUT2D eigenvalue weighted by molar-refractivity contribution is 7.92. The summed E-state index contributed by atoms with van der Waals surface area (Å²) >= 11 is 0. The second-order valence-corrected chi connectivity index (χ2v) is 8.80. The van der Waals surface area contributed by atoms with Crippen molar-refractivity contribution in [2.24, 2.45) is 0 Å². The maximum Gasteiger partial charge on any atom is 0.261 e. The summed E-state index contributed by atoms with van der Waals surface area (Å²) < 4.78 is 28.1. The van der Waals surface area contributed by atoms with E-state index >= 15 is 0 Å². The topological polar surface area (TPSA) is 91.4 Å². The molecule has 2 aromatic carbocycles. The van der Waals surface area contributed by atoms with Crippen LogP contribution in [0.2, 0.25) is 0 Å². The third kappa shape index (κ3) is 5.30. The first-order valence-electron chi connectivity index (χ1n) is 9.14. The van der Waals surface area contributed by atoms with E-state index < -0.39 is 10.0 Å². The highest BCUT2D eigenvalue weighted by Crippen LogP contribution is 2.25. The highest BCUT2D eigenvalue weighted by Gasteiger charge is 2.16. The summed E-state index contributed by atoms with van der Waals surface area (Å²) in [5.74, 6) is -0.106. The van der Waals surface area contributed by atoms with Crippen LogP contribution in [-0.2, 0) is 21.4 Å². The predicted molar refractivity (Wildman–Crippen MR) is 114 cm³/mol. The van der Waals surface area contributed by atoms with Crippen molar-refractivity contribution in [2.75, 3.05) is 25.4 Å². The van der Waals surface area contributed by atoms with Crippen molar-refractivity contribution in [2.45, 2.75) is 18.4 Å². The second kappa shape index (κ2) is 8.59. The molecule has 29 heavy (non-hydrogen) atoms. The number of hydrogen-bond acceptors (Lipinski definition) is 5. The van der Waals surface area contributed by atoms with Gasteiger partial charge in [0, 0.05) is 5.39 Å². The third-order valence-electron chi connectivity index (χ3n) is 4.28. The second-order valence-electron chi connectivity index (χ2n) is 7.11. The molecular formula is C21H24N4O3S. The first-order chi connectivity index (χ1) is 13.7. The van der Waals surface area contributed by atoms with Gasteiger partial charge in [0.05, 0.1) is 34.9 Å². The molecule has 0 saturated carbocycles. The maximum absolute atomic E-state index is 12.8. The normalized spacial score (nSPS) is 11.6. The van der Waals surface area contributed by atoms with Crippen molar-refractivity contribution in [3.05, 3.63) is 65.9 Å². The number of rotatable bonds is 7. The maximum atomic E-state index is 12.8. The SMILES string of the molecule is Cc1ccc(S(=O)(=O)Nc2cccc3ccc(CNC(=O)CN(C)C)nc23)cc1. The van der Waals surface area contributed by atoms with Crippen LogP contribution in [0, 0.1) is 6.92 Å². The standard InChI is InChI=1S/C21H24N4O3S/c1-15-7-11-18(12-8-15)29(27,28)24-19-6-4-5-16-9-10-17(23-21(16)19)13-22-20(26)14-25(2)3/h4-12,24H,13-14H2,1-3H3,(H,22,26). The summed E-state index contributed by atoms with van der Waals surface area (Å²) in [4.78, 5) is 18.4. The number of nitrogens with one attached hydrogen (secondary N) is 2. The number of carbonyl (C=O) groups excluding carboxylic acids is 1. The van der Waals surface area contributed by atoms with Gasteiger partial charge in [-0.15, -0.1) is 0 Å². The number of benzene rings is 2. The van der Waals surface area contributed by atoms with Gasteiger partial charge in [-0.3, -0.25) is 9.52 Å². The highest BCUT2D eigenvalue weighted by atomic mass is 32.2. The van der Waals surface area contributed by atoms with Crippen LogP contribution in [0.15, 0.2) is 59.5 Å². The molecule has 0 bridgehead atoms. The van der Waals surface area contributed by atoms with Gasteiger partial charge in [0.15, 0.2) is 0 Å². The van der Waals surface area contributed by atoms with E-state index in [0.717, 1.165) is 10.9 Å². The summed E-state index contributed by atoms with van der Waals surface area (Å²) in [5.41, 5.74) is 2.55. The molecule has 0 aliphatic carbocycles. The number of anilines is 1. The van der Waals surface area contributed by atoms with Gasteiger partial charge in [-0.05, 0) is 45.3 Å². The fourth-order valence-corrected chi connectivity index (χ4v) is 3.89. The van der Waals surface area contributed by atoms with Gasteiger partial charge >= 0.3 is 0 Å². The number of aromatic nitrogens is 1. The van der Waals surface area contributed by atoms with Crippen molar-refractivity contribution >= 4 is 32.5 Å². The molecule has 0 radical (unpaired) electrons. The fourth-order valence-electron chi connectivity index (χ4n) is 2.82. The molecule has 0 fully saturated rings. The van der Waals surface area contributed by atoms with Gasteiger partial charge in [0.25, 0.3) is 10.0 Å². The molecule has 2 N–H and O–H groups in total. The quantitative estimate of drug-likeness (QED) is 0.622. The van der Waals surface area contributed by atoms with E-state index in [-0.39, 0.29) is 23.9 Å². The first kappa shape index (κ1) is 20.8. The molecule has 3 aromatic rings. The van der Waals surface area contributed by atoms with Crippen LogP contribution < -0.4 is 10.0 Å². The number of likely N-dealkylation sites (N-methyl/N-ethyl adjacent to an activating group) is 1. The molecule has 8 heteroatoms. The summed E-state index contributed by atoms with van der Waals surface area (Å²) in [6, 6.07) is 15.6. The Balaban J connectivity index is 1.86. The van der Waals surface area contributed by atoms with Gasteiger partial charge in [-0.2, -0.15) is 0 Å². The van der Waals surface area contributed by atoms with Crippen molar-refractivity contribution < 1.29 is 13.2 Å². The molecule has 0 aliphatic rings. The minimum absolute atomic E-state index is 0.106. The Morgan fingerprint density at radius 1 is 1.03 bits per heavy atom. The van der Waals surface area contributed by atoms with Gasteiger partial charge in [0.1, 0.15) is 0 Å². The minimum atomic E-state index is -3.74. The van der Waals surface area contributed by atoms with Crippen molar-refractivity contribution in [1.29, 1.82) is 0 Å². The van der Waals surface area contributed by atoms with Crippen LogP contribution in [-0.4, -0.2) is 44.8 Å². The first-order valence-corrected chi connectivity index (χ1v) is 10.6. The zero-order valence-corrected chi connectivity index (χ0v) is 17.5. The molecule has 1 amide bonds. The monoisotopic (exact) mass is 412 g/mol. The number of amides is 1. The number of sulfonamides is 1. The summed E-state index contributed by atoms with van der Waals surface area (Å²) in [6.07, 6.45) is 0. The molecule has 0 atom stereocenters. The molecule has 1 aromatic heterocycles. The minimum Gasteiger partial charge on any atom is -0.349 e. The van der Waals surface area contributed by atoms with Gasteiger partial charge < -0.3 is 10.2 Å². The fraction of sp³-hybridized carbons (Fsp3) is 0.238. The van der Waals surface area contributed by atoms with E-state index in [2.05, 4.69) is 15.0 Å². The van der Waals surface area contributed by atoms with E-state index in [1.807, 2.05) is 39.2 Å². The summed E-state index contributed by atoms with van der Waals surface area (Å²) in [5, 5.41) is 3.62. The average molecular weight is 413 g/mol. The van der Waals surface area contributed by atoms with Crippen molar-refractivity contribution in [1.82, 2.24) is 15.2 Å². The Morgan fingerprint density at radius 2 is 1.76 bits per heavy atom. The number of nitrogens with zero attached hydrogens (tertiary/aromatic N) is 2. The Kier molecular flexibility index (Phi) is 6.14. The van der Waals surface area contributed by atoms with E-state index in [1.165, 1.54) is 0 Å². The van der Waals surface area contributed by atoms with E-state index in [4.69, 9.17) is 0 Å². The zero-order chi connectivity index (χ0) is 21.0. The van der Waals surface area contributed by atoms with Crippen LogP contribution in [0.1, 0.15) is 11.3 Å². The lowest BCUT2D eigenvalue weighted by atomic mass is 10.2. The molecule has 0 aliphatic heterocycles. The number of aryl methyl sites for hydroxylation is 1. The largest absolute Gasteiger partial charge is 0.349 e. The molecule has 152 valence electrons. The number of pyridine rings is 1. The predicted octanol–water partition coefficient (Wildman–Crippen LogP) is 2.52. The van der Waals surface area contributed by atoms with Crippen LogP contribution in [0.3, 0.4) is 0 Å². The Morgan fingerprint density at radius 3 is 2.45 bits per heavy atom. The number of fused-ring (bicyclic) bond motifs is 1. The van der Waals surface area contributed by atoms with Crippen molar-refractivity contribution in [3.8, 4) is 0 Å². The third-order valence-corrected chi connectivity index (χ3v) is 5.66. The van der Waals surface area contributed by atoms with E-state index in [9.17, 15) is 13.2 Å². The van der Waals surface area contributed by atoms with Gasteiger partial charge in [0.2, 0.25) is 5.91 Å². The van der Waals surface area contributed by atoms with Crippen molar-refractivity contribution in [3.63, 3.8) is 0 Å².